The second kappa shape index (κ2) is 9.56. The zero-order valence-electron chi connectivity index (χ0n) is 9.42. The van der Waals surface area contributed by atoms with E-state index in [1.54, 1.807) is 0 Å². The van der Waals surface area contributed by atoms with Gasteiger partial charge in [-0.05, 0) is 0 Å². The van der Waals surface area contributed by atoms with Crippen molar-refractivity contribution in [3.8, 4) is 0 Å². The van der Waals surface area contributed by atoms with Gasteiger partial charge in [-0.15, -0.1) is 0 Å². The summed E-state index contributed by atoms with van der Waals surface area (Å²) in [4.78, 5) is 11.1. The second-order valence-electron chi connectivity index (χ2n) is 3.55. The first-order valence-electron chi connectivity index (χ1n) is 5.57. The van der Waals surface area contributed by atoms with Crippen molar-refractivity contribution in [3.63, 3.8) is 0 Å². The van der Waals surface area contributed by atoms with E-state index in [-0.39, 0.29) is 5.97 Å². The molecule has 0 N–H and O–H groups in total. The molecule has 0 unspecified atom stereocenters. The molecule has 0 atom stereocenters. The molecule has 0 heterocycles. The van der Waals surface area contributed by atoms with Crippen LogP contribution in [0.25, 0.3) is 0 Å². The van der Waals surface area contributed by atoms with E-state index in [0.29, 0.717) is 0 Å². The normalized spacial score (nSPS) is 10.2. The Morgan fingerprint density at radius 1 is 1.29 bits per heavy atom. The van der Waals surface area contributed by atoms with Crippen molar-refractivity contribution in [2.24, 2.45) is 0 Å². The minimum absolute atomic E-state index is 0.196. The predicted octanol–water partition coefficient (Wildman–Crippen LogP) is 3.04. The average molecular weight is 305 g/mol. The summed E-state index contributed by atoms with van der Waals surface area (Å²) in [6.45, 7) is 7.79. The molecule has 82 valence electrons. The van der Waals surface area contributed by atoms with Crippen molar-refractivity contribution < 1.29 is 7.87 Å². The average Bonchev–Trinajstić information content (AvgIpc) is 2.21. The zero-order valence-corrected chi connectivity index (χ0v) is 12.7. The summed E-state index contributed by atoms with van der Waals surface area (Å²) in [6, 6.07) is 0. The first-order valence-corrected chi connectivity index (χ1v) is 11.6. The van der Waals surface area contributed by atoms with Crippen molar-refractivity contribution >= 4 is 26.1 Å². The van der Waals surface area contributed by atoms with Gasteiger partial charge < -0.3 is 0 Å². The Morgan fingerprint density at radius 3 is 2.14 bits per heavy atom. The van der Waals surface area contributed by atoms with Crippen LogP contribution in [0.1, 0.15) is 39.5 Å². The Morgan fingerprint density at radius 2 is 1.79 bits per heavy atom. The van der Waals surface area contributed by atoms with Gasteiger partial charge in [0.1, 0.15) is 0 Å². The maximum absolute atomic E-state index is 11.1. The number of carbonyl (C=O) groups is 1. The van der Waals surface area contributed by atoms with Crippen molar-refractivity contribution in [2.75, 3.05) is 0 Å². The van der Waals surface area contributed by atoms with Crippen LogP contribution in [0.15, 0.2) is 12.7 Å². The van der Waals surface area contributed by atoms with E-state index in [2.05, 4.69) is 20.4 Å². The van der Waals surface area contributed by atoms with Crippen molar-refractivity contribution in [1.82, 2.24) is 0 Å². The van der Waals surface area contributed by atoms with Crippen LogP contribution in [0.3, 0.4) is 0 Å². The molecule has 0 aliphatic heterocycles. The summed E-state index contributed by atoms with van der Waals surface area (Å²) in [5.74, 6) is -0.196. The number of unbranched alkanes of at least 4 members (excludes halogenated alkanes) is 2. The summed E-state index contributed by atoms with van der Waals surface area (Å²) in [6.07, 6.45) is 6.13. The van der Waals surface area contributed by atoms with Crippen molar-refractivity contribution in [3.05, 3.63) is 12.7 Å². The first-order chi connectivity index (χ1) is 6.74. The van der Waals surface area contributed by atoms with E-state index in [4.69, 9.17) is 3.07 Å². The molecule has 0 aromatic rings. The minimum atomic E-state index is -1.96. The Labute approximate surface area is 95.0 Å². The van der Waals surface area contributed by atoms with E-state index in [1.165, 1.54) is 40.6 Å². The van der Waals surface area contributed by atoms with Gasteiger partial charge in [0.25, 0.3) is 0 Å². The third-order valence-corrected chi connectivity index (χ3v) is 9.83. The van der Waals surface area contributed by atoms with Gasteiger partial charge >= 0.3 is 95.1 Å². The van der Waals surface area contributed by atoms with Crippen LogP contribution >= 0.6 is 0 Å². The Balaban J connectivity index is 3.82. The van der Waals surface area contributed by atoms with Crippen LogP contribution in [0.4, 0.5) is 0 Å². The summed E-state index contributed by atoms with van der Waals surface area (Å²) in [5, 5.41) is 0. The molecule has 0 fully saturated rings. The topological polar surface area (TPSA) is 26.3 Å². The van der Waals surface area contributed by atoms with Crippen LogP contribution in [0, 0.1) is 0 Å². The Kier molecular flexibility index (Phi) is 9.57. The summed E-state index contributed by atoms with van der Waals surface area (Å²) in [5.41, 5.74) is 0. The molecule has 14 heavy (non-hydrogen) atoms. The van der Waals surface area contributed by atoms with Crippen molar-refractivity contribution in [1.29, 1.82) is 0 Å². The second-order valence-corrected chi connectivity index (χ2v) is 11.1. The molecule has 0 aromatic heterocycles. The molecule has 0 amide bonds. The van der Waals surface area contributed by atoms with Crippen LogP contribution in [-0.2, 0) is 7.87 Å². The molecule has 0 saturated carbocycles. The van der Waals surface area contributed by atoms with Crippen LogP contribution in [-0.4, -0.2) is 26.1 Å². The fourth-order valence-corrected chi connectivity index (χ4v) is 8.98. The predicted molar refractivity (Wildman–Crippen MR) is 62.9 cm³/mol. The Hall–Kier alpha value is 0.00870. The quantitative estimate of drug-likeness (QED) is 0.509. The Bertz CT molecular complexity index is 161. The number of carbonyl (C=O) groups excluding carboxylic acids is 1. The van der Waals surface area contributed by atoms with Crippen molar-refractivity contribution in [2.45, 2.75) is 48.4 Å². The number of hydrogen-bond donors (Lipinski definition) is 0. The SMILES string of the molecule is C=CC(=O)[O][SnH]([CH2]CCC)[CH2]CCC. The van der Waals surface area contributed by atoms with E-state index >= 15 is 0 Å². The maximum atomic E-state index is 11.1. The van der Waals surface area contributed by atoms with Crippen LogP contribution in [0.5, 0.6) is 0 Å². The van der Waals surface area contributed by atoms with Gasteiger partial charge in [-0.3, -0.25) is 0 Å². The van der Waals surface area contributed by atoms with E-state index in [9.17, 15) is 4.79 Å². The van der Waals surface area contributed by atoms with Gasteiger partial charge in [0.2, 0.25) is 0 Å². The van der Waals surface area contributed by atoms with E-state index < -0.39 is 20.2 Å². The van der Waals surface area contributed by atoms with E-state index in [0.717, 1.165) is 0 Å². The fraction of sp³-hybridized carbons (Fsp3) is 0.727. The number of rotatable bonds is 8. The summed E-state index contributed by atoms with van der Waals surface area (Å²) >= 11 is -1.96. The molecule has 0 spiro atoms. The molecule has 2 nitrogen and oxygen atoms in total. The van der Waals surface area contributed by atoms with Gasteiger partial charge in [0.05, 0.1) is 0 Å². The van der Waals surface area contributed by atoms with Gasteiger partial charge in [0, 0.05) is 0 Å². The third-order valence-electron chi connectivity index (χ3n) is 2.21. The zero-order chi connectivity index (χ0) is 10.8. The number of hydrogen-bond acceptors (Lipinski definition) is 2. The van der Waals surface area contributed by atoms with Crippen LogP contribution in [0.2, 0.25) is 8.87 Å². The molecular weight excluding hydrogens is 283 g/mol. The first kappa shape index (κ1) is 14.0. The van der Waals surface area contributed by atoms with Gasteiger partial charge in [0.15, 0.2) is 0 Å². The van der Waals surface area contributed by atoms with E-state index in [1.807, 2.05) is 0 Å². The molecule has 3 heteroatoms. The van der Waals surface area contributed by atoms with Gasteiger partial charge in [-0.1, -0.05) is 0 Å². The molecule has 0 aromatic carbocycles. The van der Waals surface area contributed by atoms with Gasteiger partial charge in [-0.2, -0.15) is 0 Å². The van der Waals surface area contributed by atoms with Crippen LogP contribution < -0.4 is 0 Å². The van der Waals surface area contributed by atoms with Gasteiger partial charge in [-0.25, -0.2) is 0 Å². The third kappa shape index (κ3) is 7.42. The molecule has 0 radical (unpaired) electrons. The molecule has 0 saturated heterocycles. The molecule has 0 rings (SSSR count). The molecular formula is C11H22O2Sn. The molecule has 0 bridgehead atoms. The molecule has 0 aliphatic carbocycles. The summed E-state index contributed by atoms with van der Waals surface area (Å²) < 4.78 is 7.84. The standard InChI is InChI=1S/2C4H9.C3H4O2.Sn.H/c2*1-3-4-2;1-2-3(4)5;;/h2*1,3-4H2,2H3;2H,1H2,(H,4,5);;/q;;;+1;/p-1. The fourth-order valence-electron chi connectivity index (χ4n) is 1.34. The molecule has 0 aliphatic rings. The summed E-state index contributed by atoms with van der Waals surface area (Å²) in [7, 11) is 0. The monoisotopic (exact) mass is 306 g/mol.